The van der Waals surface area contributed by atoms with Crippen molar-refractivity contribution in [1.29, 1.82) is 0 Å². The number of aromatic nitrogens is 5. The van der Waals surface area contributed by atoms with E-state index in [1.165, 1.54) is 0 Å². The van der Waals surface area contributed by atoms with Crippen LogP contribution in [-0.2, 0) is 4.74 Å². The van der Waals surface area contributed by atoms with E-state index < -0.39 is 0 Å². The first-order chi connectivity index (χ1) is 9.76. The summed E-state index contributed by atoms with van der Waals surface area (Å²) in [5, 5.41) is 9.29. The molecule has 0 amide bonds. The molecule has 1 fully saturated rings. The standard InChI is InChI=1S/C11H13ClN6O2/c12-9-14-10(17-3-4-20-8(5-17)6-19)16-11(15-9)18-2-1-13-7-18/h1-2,7-8,19H,3-6H2. The number of rotatable bonds is 3. The van der Waals surface area contributed by atoms with E-state index in [1.807, 2.05) is 4.90 Å². The van der Waals surface area contributed by atoms with Crippen LogP contribution in [0.25, 0.3) is 5.95 Å². The van der Waals surface area contributed by atoms with Gasteiger partial charge in [0.2, 0.25) is 17.2 Å². The first kappa shape index (κ1) is 13.2. The molecule has 2 aromatic heterocycles. The Labute approximate surface area is 120 Å². The van der Waals surface area contributed by atoms with Gasteiger partial charge in [0.1, 0.15) is 6.33 Å². The zero-order valence-electron chi connectivity index (χ0n) is 10.6. The summed E-state index contributed by atoms with van der Waals surface area (Å²) in [6.45, 7) is 1.62. The maximum atomic E-state index is 9.17. The maximum Gasteiger partial charge on any atom is 0.241 e. The maximum absolute atomic E-state index is 9.17. The minimum atomic E-state index is -0.240. The van der Waals surface area contributed by atoms with E-state index >= 15 is 0 Å². The van der Waals surface area contributed by atoms with Crippen LogP contribution in [0.4, 0.5) is 5.95 Å². The Hall–Kier alpha value is -1.77. The van der Waals surface area contributed by atoms with E-state index in [1.54, 1.807) is 23.3 Å². The van der Waals surface area contributed by atoms with Gasteiger partial charge in [0.05, 0.1) is 19.3 Å². The molecule has 3 rings (SSSR count). The highest BCUT2D eigenvalue weighted by atomic mass is 35.5. The predicted molar refractivity (Wildman–Crippen MR) is 71.0 cm³/mol. The zero-order chi connectivity index (χ0) is 13.9. The highest BCUT2D eigenvalue weighted by Gasteiger charge is 2.22. The molecular formula is C11H13ClN6O2. The molecule has 20 heavy (non-hydrogen) atoms. The predicted octanol–water partition coefficient (Wildman–Crippen LogP) is -0.0918. The van der Waals surface area contributed by atoms with Gasteiger partial charge in [0.15, 0.2) is 0 Å². The number of aliphatic hydroxyl groups excluding tert-OH is 1. The van der Waals surface area contributed by atoms with Crippen LogP contribution in [0.5, 0.6) is 0 Å². The summed E-state index contributed by atoms with van der Waals surface area (Å²) in [6, 6.07) is 0. The number of anilines is 1. The van der Waals surface area contributed by atoms with Crippen LogP contribution < -0.4 is 4.90 Å². The molecule has 0 saturated carbocycles. The number of hydrogen-bond donors (Lipinski definition) is 1. The fourth-order valence-electron chi connectivity index (χ4n) is 1.98. The van der Waals surface area contributed by atoms with Gasteiger partial charge in [0, 0.05) is 25.5 Å². The molecule has 1 unspecified atom stereocenters. The summed E-state index contributed by atoms with van der Waals surface area (Å²) in [5.41, 5.74) is 0. The largest absolute Gasteiger partial charge is 0.394 e. The van der Waals surface area contributed by atoms with Crippen molar-refractivity contribution in [2.24, 2.45) is 0 Å². The van der Waals surface area contributed by atoms with Crippen molar-refractivity contribution in [2.75, 3.05) is 31.2 Å². The number of ether oxygens (including phenoxy) is 1. The quantitative estimate of drug-likeness (QED) is 0.846. The molecule has 1 aliphatic heterocycles. The van der Waals surface area contributed by atoms with Crippen molar-refractivity contribution < 1.29 is 9.84 Å². The number of imidazole rings is 1. The van der Waals surface area contributed by atoms with Crippen molar-refractivity contribution in [3.63, 3.8) is 0 Å². The van der Waals surface area contributed by atoms with Crippen molar-refractivity contribution in [1.82, 2.24) is 24.5 Å². The van der Waals surface area contributed by atoms with E-state index in [0.717, 1.165) is 0 Å². The molecular weight excluding hydrogens is 284 g/mol. The van der Waals surface area contributed by atoms with Crippen LogP contribution in [0.2, 0.25) is 5.28 Å². The number of hydrogen-bond acceptors (Lipinski definition) is 7. The lowest BCUT2D eigenvalue weighted by Crippen LogP contribution is -2.45. The zero-order valence-corrected chi connectivity index (χ0v) is 11.3. The fourth-order valence-corrected chi connectivity index (χ4v) is 2.13. The van der Waals surface area contributed by atoms with E-state index in [-0.39, 0.29) is 18.0 Å². The van der Waals surface area contributed by atoms with Gasteiger partial charge >= 0.3 is 0 Å². The van der Waals surface area contributed by atoms with Crippen LogP contribution in [0.3, 0.4) is 0 Å². The Bertz CT molecular complexity index is 578. The summed E-state index contributed by atoms with van der Waals surface area (Å²) in [6.07, 6.45) is 4.71. The van der Waals surface area contributed by atoms with Crippen LogP contribution in [0.1, 0.15) is 0 Å². The first-order valence-electron chi connectivity index (χ1n) is 6.13. The number of morpholine rings is 1. The van der Waals surface area contributed by atoms with E-state index in [4.69, 9.17) is 16.3 Å². The smallest absolute Gasteiger partial charge is 0.241 e. The Morgan fingerprint density at radius 3 is 2.95 bits per heavy atom. The van der Waals surface area contributed by atoms with Gasteiger partial charge in [-0.3, -0.25) is 4.57 Å². The molecule has 2 aromatic rings. The second kappa shape index (κ2) is 5.70. The molecule has 1 saturated heterocycles. The Morgan fingerprint density at radius 2 is 2.20 bits per heavy atom. The van der Waals surface area contributed by atoms with Gasteiger partial charge in [-0.1, -0.05) is 0 Å². The third-order valence-electron chi connectivity index (χ3n) is 2.95. The number of halogens is 1. The van der Waals surface area contributed by atoms with Crippen molar-refractivity contribution in [3.8, 4) is 5.95 Å². The summed E-state index contributed by atoms with van der Waals surface area (Å²) < 4.78 is 7.05. The third-order valence-corrected chi connectivity index (χ3v) is 3.11. The van der Waals surface area contributed by atoms with Gasteiger partial charge in [-0.05, 0) is 11.6 Å². The van der Waals surface area contributed by atoms with Crippen molar-refractivity contribution in [2.45, 2.75) is 6.10 Å². The SMILES string of the molecule is OCC1CN(c2nc(Cl)nc(-n3ccnc3)n2)CCO1. The molecule has 0 bridgehead atoms. The Morgan fingerprint density at radius 1 is 1.35 bits per heavy atom. The van der Waals surface area contributed by atoms with Crippen LogP contribution in [0, 0.1) is 0 Å². The van der Waals surface area contributed by atoms with Crippen molar-refractivity contribution in [3.05, 3.63) is 24.0 Å². The molecule has 0 radical (unpaired) electrons. The van der Waals surface area contributed by atoms with Gasteiger partial charge in [-0.25, -0.2) is 4.98 Å². The Balaban J connectivity index is 1.89. The van der Waals surface area contributed by atoms with Gasteiger partial charge < -0.3 is 14.7 Å². The Kier molecular flexibility index (Phi) is 3.77. The topological polar surface area (TPSA) is 89.2 Å². The minimum absolute atomic E-state index is 0.0380. The monoisotopic (exact) mass is 296 g/mol. The number of aliphatic hydroxyl groups is 1. The number of nitrogens with zero attached hydrogens (tertiary/aromatic N) is 6. The molecule has 3 heterocycles. The van der Waals surface area contributed by atoms with Crippen molar-refractivity contribution >= 4 is 17.5 Å². The first-order valence-corrected chi connectivity index (χ1v) is 6.51. The summed E-state index contributed by atoms with van der Waals surface area (Å²) in [5.74, 6) is 0.875. The lowest BCUT2D eigenvalue weighted by Gasteiger charge is -2.32. The average molecular weight is 297 g/mol. The van der Waals surface area contributed by atoms with Gasteiger partial charge in [-0.2, -0.15) is 15.0 Å². The summed E-state index contributed by atoms with van der Waals surface area (Å²) in [7, 11) is 0. The fraction of sp³-hybridized carbons (Fsp3) is 0.455. The molecule has 1 atom stereocenters. The summed E-state index contributed by atoms with van der Waals surface area (Å²) in [4.78, 5) is 18.4. The minimum Gasteiger partial charge on any atom is -0.394 e. The third kappa shape index (κ3) is 2.72. The van der Waals surface area contributed by atoms with Gasteiger partial charge in [0.25, 0.3) is 0 Å². The summed E-state index contributed by atoms with van der Waals surface area (Å²) >= 11 is 5.95. The van der Waals surface area contributed by atoms with E-state index in [9.17, 15) is 5.11 Å². The van der Waals surface area contributed by atoms with E-state index in [0.29, 0.717) is 31.6 Å². The highest BCUT2D eigenvalue weighted by Crippen LogP contribution is 2.16. The van der Waals surface area contributed by atoms with E-state index in [2.05, 4.69) is 19.9 Å². The molecule has 1 N–H and O–H groups in total. The van der Waals surface area contributed by atoms with Crippen LogP contribution >= 0.6 is 11.6 Å². The lowest BCUT2D eigenvalue weighted by molar-refractivity contribution is 0.00313. The molecule has 8 nitrogen and oxygen atoms in total. The second-order valence-corrected chi connectivity index (χ2v) is 4.63. The normalized spacial score (nSPS) is 19.3. The molecule has 0 aromatic carbocycles. The van der Waals surface area contributed by atoms with Gasteiger partial charge in [-0.15, -0.1) is 0 Å². The second-order valence-electron chi connectivity index (χ2n) is 4.30. The lowest BCUT2D eigenvalue weighted by atomic mass is 10.3. The molecule has 0 aliphatic carbocycles. The molecule has 106 valence electrons. The average Bonchev–Trinajstić information content (AvgIpc) is 3.01. The molecule has 0 spiro atoms. The van der Waals surface area contributed by atoms with Crippen LogP contribution in [0.15, 0.2) is 18.7 Å². The van der Waals surface area contributed by atoms with Crippen LogP contribution in [-0.4, -0.2) is 62.0 Å². The molecule has 9 heteroatoms. The molecule has 1 aliphatic rings. The highest BCUT2D eigenvalue weighted by molar-refractivity contribution is 6.28.